The monoisotopic (exact) mass is 467 g/mol. The van der Waals surface area contributed by atoms with E-state index in [1.54, 1.807) is 11.6 Å². The molecule has 1 aliphatic rings. The molecule has 0 aliphatic heterocycles. The van der Waals surface area contributed by atoms with E-state index in [0.717, 1.165) is 40.5 Å². The van der Waals surface area contributed by atoms with Gasteiger partial charge in [0.15, 0.2) is 11.5 Å². The number of hydrogen-bond acceptors (Lipinski definition) is 7. The quantitative estimate of drug-likeness (QED) is 0.416. The first-order valence-electron chi connectivity index (χ1n) is 9.92. The summed E-state index contributed by atoms with van der Waals surface area (Å²) < 4.78 is 7.89. The summed E-state index contributed by atoms with van der Waals surface area (Å²) >= 11 is 3.46. The van der Waals surface area contributed by atoms with Gasteiger partial charge in [0, 0.05) is 18.5 Å². The Balaban J connectivity index is 1.49. The van der Waals surface area contributed by atoms with Gasteiger partial charge < -0.3 is 10.5 Å². The summed E-state index contributed by atoms with van der Waals surface area (Å²) in [5, 5.41) is 5.52. The molecule has 1 fully saturated rings. The molecule has 0 amide bonds. The molecule has 0 atom stereocenters. The molecule has 4 aromatic rings. The second-order valence-electron chi connectivity index (χ2n) is 7.65. The lowest BCUT2D eigenvalue weighted by atomic mass is 10.2. The Morgan fingerprint density at radius 3 is 2.73 bits per heavy atom. The maximum Gasteiger partial charge on any atom is 0.223 e. The number of fused-ring (bicyclic) bond motifs is 3. The second-order valence-corrected chi connectivity index (χ2v) is 8.47. The highest BCUT2D eigenvalue weighted by Crippen LogP contribution is 2.31. The smallest absolute Gasteiger partial charge is 0.223 e. The van der Waals surface area contributed by atoms with Gasteiger partial charge >= 0.3 is 0 Å². The van der Waals surface area contributed by atoms with Gasteiger partial charge in [0.1, 0.15) is 15.9 Å². The first-order chi connectivity index (χ1) is 14.6. The minimum Gasteiger partial charge on any atom is -0.494 e. The Labute approximate surface area is 182 Å². The van der Waals surface area contributed by atoms with Crippen molar-refractivity contribution in [3.05, 3.63) is 52.5 Å². The van der Waals surface area contributed by atoms with Crippen LogP contribution in [0, 0.1) is 5.92 Å². The minimum absolute atomic E-state index is 0.295. The highest BCUT2D eigenvalue weighted by atomic mass is 79.9. The molecule has 30 heavy (non-hydrogen) atoms. The molecule has 1 aromatic carbocycles. The van der Waals surface area contributed by atoms with Gasteiger partial charge in [0.25, 0.3) is 0 Å². The average Bonchev–Trinajstić information content (AvgIpc) is 3.43. The number of pyridine rings is 1. The second kappa shape index (κ2) is 7.81. The maximum absolute atomic E-state index is 6.19. The number of aromatic nitrogens is 5. The van der Waals surface area contributed by atoms with Gasteiger partial charge in [-0.1, -0.05) is 12.1 Å². The fourth-order valence-electron chi connectivity index (χ4n) is 3.72. The molecule has 0 radical (unpaired) electrons. The SMILES string of the molecule is COc1cccc2c1nc(N)n1nc(CN(Cc3cccc(Br)n3)CC3CC3)nc21. The summed E-state index contributed by atoms with van der Waals surface area (Å²) in [7, 11) is 1.62. The van der Waals surface area contributed by atoms with Crippen molar-refractivity contribution in [2.24, 2.45) is 5.92 Å². The third-order valence-corrected chi connectivity index (χ3v) is 5.73. The Kier molecular flexibility index (Phi) is 5.00. The maximum atomic E-state index is 6.19. The zero-order valence-corrected chi connectivity index (χ0v) is 18.2. The van der Waals surface area contributed by atoms with E-state index < -0.39 is 0 Å². The van der Waals surface area contributed by atoms with Crippen molar-refractivity contribution in [2.75, 3.05) is 19.4 Å². The van der Waals surface area contributed by atoms with Crippen molar-refractivity contribution in [1.29, 1.82) is 0 Å². The lowest BCUT2D eigenvalue weighted by Crippen LogP contribution is -2.26. The van der Waals surface area contributed by atoms with Crippen molar-refractivity contribution in [2.45, 2.75) is 25.9 Å². The minimum atomic E-state index is 0.295. The van der Waals surface area contributed by atoms with Crippen LogP contribution in [0.15, 0.2) is 41.0 Å². The number of nitrogens with zero attached hydrogens (tertiary/aromatic N) is 6. The zero-order valence-electron chi connectivity index (χ0n) is 16.6. The fraction of sp³-hybridized carbons (Fsp3) is 0.333. The summed E-state index contributed by atoms with van der Waals surface area (Å²) in [4.78, 5) is 16.2. The number of nitrogens with two attached hydrogens (primary N) is 1. The van der Waals surface area contributed by atoms with Crippen molar-refractivity contribution in [3.8, 4) is 5.75 Å². The summed E-state index contributed by atoms with van der Waals surface area (Å²) in [5.41, 5.74) is 8.59. The number of methoxy groups -OCH3 is 1. The summed E-state index contributed by atoms with van der Waals surface area (Å²) in [6.45, 7) is 2.37. The molecule has 8 nitrogen and oxygen atoms in total. The first-order valence-corrected chi connectivity index (χ1v) is 10.7. The number of halogens is 1. The van der Waals surface area contributed by atoms with E-state index in [2.05, 4.69) is 35.9 Å². The number of rotatable bonds is 7. The van der Waals surface area contributed by atoms with E-state index >= 15 is 0 Å². The first kappa shape index (κ1) is 19.2. The molecule has 5 rings (SSSR count). The van der Waals surface area contributed by atoms with E-state index in [1.807, 2.05) is 36.4 Å². The molecule has 1 saturated carbocycles. The topological polar surface area (TPSA) is 94.5 Å². The molecule has 0 unspecified atom stereocenters. The molecular formula is C21H22BrN7O. The van der Waals surface area contributed by atoms with Crippen LogP contribution in [0.2, 0.25) is 0 Å². The molecule has 0 saturated heterocycles. The van der Waals surface area contributed by atoms with Crippen molar-refractivity contribution in [3.63, 3.8) is 0 Å². The van der Waals surface area contributed by atoms with E-state index in [0.29, 0.717) is 29.4 Å². The fourth-order valence-corrected chi connectivity index (χ4v) is 4.10. The number of nitrogen functional groups attached to an aromatic ring is 1. The third kappa shape index (κ3) is 3.82. The molecule has 3 aromatic heterocycles. The summed E-state index contributed by atoms with van der Waals surface area (Å²) in [6, 6.07) is 11.7. The van der Waals surface area contributed by atoms with Crippen LogP contribution >= 0.6 is 15.9 Å². The standard InChI is InChI=1S/C21H22BrN7O/c1-30-16-6-3-5-15-19(16)26-21(23)29-20(15)25-18(27-29)12-28(10-13-8-9-13)11-14-4-2-7-17(22)24-14/h2-7,13H,8-12H2,1H3,(H2,23,26). The van der Waals surface area contributed by atoms with Crippen molar-refractivity contribution >= 4 is 38.4 Å². The van der Waals surface area contributed by atoms with Crippen LogP contribution < -0.4 is 10.5 Å². The Hall–Kier alpha value is -2.78. The van der Waals surface area contributed by atoms with Crippen molar-refractivity contribution < 1.29 is 4.74 Å². The largest absolute Gasteiger partial charge is 0.494 e. The molecule has 1 aliphatic carbocycles. The van der Waals surface area contributed by atoms with Crippen molar-refractivity contribution in [1.82, 2.24) is 29.5 Å². The van der Waals surface area contributed by atoms with Crippen LogP contribution in [0.5, 0.6) is 5.75 Å². The highest BCUT2D eigenvalue weighted by Gasteiger charge is 2.26. The van der Waals surface area contributed by atoms with Gasteiger partial charge in [-0.05, 0) is 59.0 Å². The average molecular weight is 468 g/mol. The van der Waals surface area contributed by atoms with Gasteiger partial charge in [-0.3, -0.25) is 4.90 Å². The molecule has 2 N–H and O–H groups in total. The van der Waals surface area contributed by atoms with E-state index in [9.17, 15) is 0 Å². The number of anilines is 1. The zero-order chi connectivity index (χ0) is 20.7. The summed E-state index contributed by atoms with van der Waals surface area (Å²) in [6.07, 6.45) is 2.56. The Morgan fingerprint density at radius 1 is 1.13 bits per heavy atom. The van der Waals surface area contributed by atoms with Crippen LogP contribution in [0.25, 0.3) is 16.6 Å². The molecule has 0 bridgehead atoms. The predicted molar refractivity (Wildman–Crippen MR) is 118 cm³/mol. The van der Waals surface area contributed by atoms with Crippen LogP contribution in [-0.4, -0.2) is 43.1 Å². The van der Waals surface area contributed by atoms with Gasteiger partial charge in [-0.2, -0.15) is 4.52 Å². The Morgan fingerprint density at radius 2 is 1.97 bits per heavy atom. The summed E-state index contributed by atoms with van der Waals surface area (Å²) in [5.74, 6) is 2.42. The third-order valence-electron chi connectivity index (χ3n) is 5.29. The predicted octanol–water partition coefficient (Wildman–Crippen LogP) is 3.44. The van der Waals surface area contributed by atoms with Crippen LogP contribution in [0.3, 0.4) is 0 Å². The molecule has 0 spiro atoms. The lowest BCUT2D eigenvalue weighted by Gasteiger charge is -2.20. The highest BCUT2D eigenvalue weighted by molar-refractivity contribution is 9.10. The molecular weight excluding hydrogens is 446 g/mol. The van der Waals surface area contributed by atoms with Gasteiger partial charge in [-0.15, -0.1) is 5.10 Å². The lowest BCUT2D eigenvalue weighted by molar-refractivity contribution is 0.237. The van der Waals surface area contributed by atoms with Gasteiger partial charge in [0.05, 0.1) is 19.3 Å². The van der Waals surface area contributed by atoms with E-state index in [4.69, 9.17) is 15.5 Å². The van der Waals surface area contributed by atoms with Crippen LogP contribution in [0.4, 0.5) is 5.95 Å². The molecule has 9 heteroatoms. The van der Waals surface area contributed by atoms with E-state index in [1.165, 1.54) is 12.8 Å². The molecule has 154 valence electrons. The van der Waals surface area contributed by atoms with Gasteiger partial charge in [-0.25, -0.2) is 15.0 Å². The molecule has 3 heterocycles. The normalized spacial score (nSPS) is 14.1. The van der Waals surface area contributed by atoms with Crippen LogP contribution in [0.1, 0.15) is 24.4 Å². The van der Waals surface area contributed by atoms with Crippen LogP contribution in [-0.2, 0) is 13.1 Å². The van der Waals surface area contributed by atoms with E-state index in [-0.39, 0.29) is 0 Å². The number of benzene rings is 1. The Bertz CT molecular complexity index is 1220. The van der Waals surface area contributed by atoms with Gasteiger partial charge in [0.2, 0.25) is 5.95 Å². The number of para-hydroxylation sites is 1. The number of hydrogen-bond donors (Lipinski definition) is 1. The number of ether oxygens (including phenoxy) is 1.